The Hall–Kier alpha value is -0.960. The molecule has 1 N–H and O–H groups in total. The van der Waals surface area contributed by atoms with Gasteiger partial charge in [0, 0.05) is 0 Å². The van der Waals surface area contributed by atoms with Crippen molar-refractivity contribution in [3.63, 3.8) is 0 Å². The Balaban J connectivity index is 2.89. The van der Waals surface area contributed by atoms with Crippen molar-refractivity contribution in [3.05, 3.63) is 35.4 Å². The van der Waals surface area contributed by atoms with Crippen LogP contribution in [0.5, 0.6) is 0 Å². The van der Waals surface area contributed by atoms with Crippen LogP contribution in [0, 0.1) is 0 Å². The fraction of sp³-hybridized carbons (Fsp3) is 0.500. The lowest BCUT2D eigenvalue weighted by Gasteiger charge is -2.17. The highest BCUT2D eigenvalue weighted by Gasteiger charge is 2.20. The van der Waals surface area contributed by atoms with Crippen molar-refractivity contribution in [1.82, 2.24) is 5.32 Å². The summed E-state index contributed by atoms with van der Waals surface area (Å²) >= 11 is 0. The number of aryl methyl sites for hydroxylation is 1. The average Bonchev–Trinajstić information content (AvgIpc) is 2.25. The zero-order valence-electron chi connectivity index (χ0n) is 9.13. The van der Waals surface area contributed by atoms with Crippen LogP contribution in [0.2, 0.25) is 0 Å². The summed E-state index contributed by atoms with van der Waals surface area (Å²) in [6.07, 6.45) is -1.49. The molecule has 0 aliphatic carbocycles. The van der Waals surface area contributed by atoms with Crippen molar-refractivity contribution in [3.8, 4) is 0 Å². The Morgan fingerprint density at radius 2 is 2.00 bits per heavy atom. The molecule has 1 rings (SSSR count). The molecule has 1 aromatic carbocycles. The van der Waals surface area contributed by atoms with Crippen molar-refractivity contribution >= 4 is 0 Å². The third-order valence-electron chi connectivity index (χ3n) is 2.39. The molecule has 0 saturated heterocycles. The summed E-state index contributed by atoms with van der Waals surface area (Å²) in [4.78, 5) is 0. The third-order valence-corrected chi connectivity index (χ3v) is 2.39. The third kappa shape index (κ3) is 3.27. The number of rotatable bonds is 5. The molecule has 1 nitrogen and oxygen atoms in total. The van der Waals surface area contributed by atoms with E-state index in [1.54, 1.807) is 6.07 Å². The van der Waals surface area contributed by atoms with Gasteiger partial charge in [0.25, 0.3) is 6.43 Å². The molecule has 0 radical (unpaired) electrons. The first-order valence-corrected chi connectivity index (χ1v) is 5.29. The Morgan fingerprint density at radius 1 is 1.27 bits per heavy atom. The molecule has 1 unspecified atom stereocenters. The number of hydrogen-bond acceptors (Lipinski definition) is 1. The summed E-state index contributed by atoms with van der Waals surface area (Å²) in [7, 11) is 0. The van der Waals surface area contributed by atoms with Gasteiger partial charge in [-0.15, -0.1) is 0 Å². The Morgan fingerprint density at radius 3 is 2.53 bits per heavy atom. The zero-order valence-corrected chi connectivity index (χ0v) is 9.13. The van der Waals surface area contributed by atoms with Crippen LogP contribution < -0.4 is 5.32 Å². The minimum atomic E-state index is -2.36. The van der Waals surface area contributed by atoms with Gasteiger partial charge in [0.15, 0.2) is 0 Å². The zero-order chi connectivity index (χ0) is 11.3. The summed E-state index contributed by atoms with van der Waals surface area (Å²) in [6, 6.07) is 6.54. The maximum Gasteiger partial charge on any atom is 0.257 e. The molecule has 84 valence electrons. The molecule has 0 fully saturated rings. The molecule has 0 aliphatic rings. The van der Waals surface area contributed by atoms with Gasteiger partial charge in [-0.1, -0.05) is 38.1 Å². The van der Waals surface area contributed by atoms with E-state index in [4.69, 9.17) is 0 Å². The standard InChI is InChI=1S/C12H17F2N/c1-3-9-6-5-7-10(8-9)11(12(13)14)15-4-2/h5-8,11-12,15H,3-4H2,1-2H3. The highest BCUT2D eigenvalue weighted by atomic mass is 19.3. The second-order valence-electron chi connectivity index (χ2n) is 3.47. The fourth-order valence-corrected chi connectivity index (χ4v) is 1.58. The summed E-state index contributed by atoms with van der Waals surface area (Å²) in [5.74, 6) is 0. The summed E-state index contributed by atoms with van der Waals surface area (Å²) in [5.41, 5.74) is 1.77. The Labute approximate surface area is 89.5 Å². The van der Waals surface area contributed by atoms with Crippen LogP contribution in [0.4, 0.5) is 8.78 Å². The fourth-order valence-electron chi connectivity index (χ4n) is 1.58. The predicted molar refractivity (Wildman–Crippen MR) is 58.2 cm³/mol. The Kier molecular flexibility index (Phi) is 4.69. The number of benzene rings is 1. The number of hydrogen-bond donors (Lipinski definition) is 1. The van der Waals surface area contributed by atoms with Crippen molar-refractivity contribution < 1.29 is 8.78 Å². The first-order valence-electron chi connectivity index (χ1n) is 5.29. The molecule has 0 heterocycles. The highest BCUT2D eigenvalue weighted by molar-refractivity contribution is 5.26. The van der Waals surface area contributed by atoms with Crippen LogP contribution in [0.15, 0.2) is 24.3 Å². The van der Waals surface area contributed by atoms with Crippen LogP contribution in [-0.2, 0) is 6.42 Å². The van der Waals surface area contributed by atoms with Crippen molar-refractivity contribution in [2.24, 2.45) is 0 Å². The number of nitrogens with one attached hydrogen (secondary N) is 1. The molecule has 0 saturated carbocycles. The molecular weight excluding hydrogens is 196 g/mol. The van der Waals surface area contributed by atoms with Crippen molar-refractivity contribution in [1.29, 1.82) is 0 Å². The minimum Gasteiger partial charge on any atom is -0.306 e. The second-order valence-corrected chi connectivity index (χ2v) is 3.47. The molecular formula is C12H17F2N. The van der Waals surface area contributed by atoms with E-state index in [0.29, 0.717) is 12.1 Å². The lowest BCUT2D eigenvalue weighted by molar-refractivity contribution is 0.0992. The van der Waals surface area contributed by atoms with E-state index in [9.17, 15) is 8.78 Å². The van der Waals surface area contributed by atoms with Gasteiger partial charge in [-0.25, -0.2) is 8.78 Å². The molecule has 1 atom stereocenters. The van der Waals surface area contributed by atoms with E-state index >= 15 is 0 Å². The first-order chi connectivity index (χ1) is 7.19. The van der Waals surface area contributed by atoms with Crippen LogP contribution in [0.25, 0.3) is 0 Å². The van der Waals surface area contributed by atoms with Crippen molar-refractivity contribution in [2.75, 3.05) is 6.54 Å². The van der Waals surface area contributed by atoms with Crippen LogP contribution in [0.1, 0.15) is 31.0 Å². The SMILES string of the molecule is CCNC(c1cccc(CC)c1)C(F)F. The van der Waals surface area contributed by atoms with E-state index in [-0.39, 0.29) is 0 Å². The average molecular weight is 213 g/mol. The quantitative estimate of drug-likeness (QED) is 0.792. The lowest BCUT2D eigenvalue weighted by atomic mass is 10.0. The topological polar surface area (TPSA) is 12.0 Å². The largest absolute Gasteiger partial charge is 0.306 e. The summed E-state index contributed by atoms with van der Waals surface area (Å²) in [5, 5.41) is 2.80. The lowest BCUT2D eigenvalue weighted by Crippen LogP contribution is -2.27. The Bertz CT molecular complexity index is 299. The predicted octanol–water partition coefficient (Wildman–Crippen LogP) is 3.16. The smallest absolute Gasteiger partial charge is 0.257 e. The van der Waals surface area contributed by atoms with Gasteiger partial charge in [0.05, 0.1) is 6.04 Å². The van der Waals surface area contributed by atoms with E-state index in [1.807, 2.05) is 32.0 Å². The van der Waals surface area contributed by atoms with E-state index in [1.165, 1.54) is 0 Å². The normalized spacial score (nSPS) is 13.1. The molecule has 0 aliphatic heterocycles. The van der Waals surface area contributed by atoms with Crippen LogP contribution in [-0.4, -0.2) is 13.0 Å². The van der Waals surface area contributed by atoms with Gasteiger partial charge in [-0.3, -0.25) is 0 Å². The molecule has 0 spiro atoms. The summed E-state index contributed by atoms with van der Waals surface area (Å²) < 4.78 is 25.5. The number of alkyl halides is 2. The van der Waals surface area contributed by atoms with Gasteiger partial charge in [-0.05, 0) is 24.1 Å². The summed E-state index contributed by atoms with van der Waals surface area (Å²) in [6.45, 7) is 4.40. The molecule has 0 aromatic heterocycles. The van der Waals surface area contributed by atoms with Gasteiger partial charge < -0.3 is 5.32 Å². The van der Waals surface area contributed by atoms with E-state index in [0.717, 1.165) is 12.0 Å². The molecule has 15 heavy (non-hydrogen) atoms. The van der Waals surface area contributed by atoms with Gasteiger partial charge >= 0.3 is 0 Å². The number of halogens is 2. The van der Waals surface area contributed by atoms with E-state index < -0.39 is 12.5 Å². The molecule has 0 bridgehead atoms. The highest BCUT2D eigenvalue weighted by Crippen LogP contribution is 2.21. The maximum atomic E-state index is 12.7. The molecule has 0 amide bonds. The maximum absolute atomic E-state index is 12.7. The minimum absolute atomic E-state index is 0.547. The van der Waals surface area contributed by atoms with Crippen LogP contribution in [0.3, 0.4) is 0 Å². The van der Waals surface area contributed by atoms with Gasteiger partial charge in [0.2, 0.25) is 0 Å². The second kappa shape index (κ2) is 5.81. The first kappa shape index (κ1) is 12.1. The van der Waals surface area contributed by atoms with E-state index in [2.05, 4.69) is 5.32 Å². The van der Waals surface area contributed by atoms with Crippen molar-refractivity contribution in [2.45, 2.75) is 32.7 Å². The molecule has 1 aromatic rings. The van der Waals surface area contributed by atoms with Gasteiger partial charge in [-0.2, -0.15) is 0 Å². The van der Waals surface area contributed by atoms with Crippen LogP contribution >= 0.6 is 0 Å². The van der Waals surface area contributed by atoms with Gasteiger partial charge in [0.1, 0.15) is 0 Å². The molecule has 3 heteroatoms. The monoisotopic (exact) mass is 213 g/mol.